The quantitative estimate of drug-likeness (QED) is 0.0681. The van der Waals surface area contributed by atoms with Crippen LogP contribution in [0, 0.1) is 5.92 Å². The highest BCUT2D eigenvalue weighted by Gasteiger charge is 2.50. The van der Waals surface area contributed by atoms with Gasteiger partial charge in [0.05, 0.1) is 24.4 Å². The minimum absolute atomic E-state index is 0.0157. The van der Waals surface area contributed by atoms with E-state index in [1.54, 1.807) is 12.1 Å². The third-order valence-electron chi connectivity index (χ3n) is 15.2. The van der Waals surface area contributed by atoms with Gasteiger partial charge in [-0.25, -0.2) is 0 Å². The monoisotopic (exact) mass is 1140 g/mol. The molecule has 15 atom stereocenters. The maximum absolute atomic E-state index is 14.5. The molecular weight excluding hydrogens is 1060 g/mol. The Kier molecular flexibility index (Phi) is 20.8. The second-order valence-electron chi connectivity index (χ2n) is 21.4. The number of aliphatic hydroxyl groups excluding tert-OH is 8. The van der Waals surface area contributed by atoms with Gasteiger partial charge in [-0.3, -0.25) is 33.6 Å². The van der Waals surface area contributed by atoms with Gasteiger partial charge in [0.25, 0.3) is 5.91 Å². The van der Waals surface area contributed by atoms with Crippen LogP contribution in [0.25, 0.3) is 22.3 Å². The van der Waals surface area contributed by atoms with Crippen molar-refractivity contribution in [2.75, 3.05) is 25.0 Å². The second-order valence-corrected chi connectivity index (χ2v) is 21.4. The van der Waals surface area contributed by atoms with Gasteiger partial charge in [0.2, 0.25) is 35.4 Å². The van der Waals surface area contributed by atoms with Gasteiger partial charge in [0, 0.05) is 49.6 Å². The van der Waals surface area contributed by atoms with Crippen LogP contribution in [0.2, 0.25) is 0 Å². The average Bonchev–Trinajstić information content (AvgIpc) is 4.06. The molecule has 4 aromatic carbocycles. The van der Waals surface area contributed by atoms with Crippen molar-refractivity contribution in [3.63, 3.8) is 0 Å². The Morgan fingerprint density at radius 2 is 1.15 bits per heavy atom. The van der Waals surface area contributed by atoms with E-state index in [1.165, 1.54) is 31.2 Å². The summed E-state index contributed by atoms with van der Waals surface area (Å²) in [5, 5.41) is 115. The van der Waals surface area contributed by atoms with E-state index < -0.39 is 152 Å². The minimum Gasteiger partial charge on any atom is -0.508 e. The van der Waals surface area contributed by atoms with E-state index >= 15 is 0 Å². The fourth-order valence-electron chi connectivity index (χ4n) is 10.3. The number of anilines is 1. The van der Waals surface area contributed by atoms with Gasteiger partial charge in [-0.05, 0) is 84.5 Å². The standard InChI is InChI=1S/C58H74N8O16/c1-5-6-7-24-59-38-20-16-35(17-21-38)33-10-8-32(9-11-33)34-12-14-37(15-13-34)51(75)60-41-26-43(71)54(78)64-56(80)47-48(72)29(2)27-66(47)58(82)45(31(4)68)62-55(79)46(50(74)49(73)36-18-22-39(69)23-19-36)63-53(77)42-25-40(70)28-65(42)57(81)44(30(3)67)61-52(41)76/h8-23,29-31,40-50,54,59,67-74,78H,5-7,24-28H2,1-4H3,(H,60,75)(H,61,76)(H,62,79)(H,63,77)(H,64,80)/t29-,30+,31+,40+,41-,42-,43+,44-,45-,46-,47-,48-,49-,50-,54+/m0/s1. The zero-order chi connectivity index (χ0) is 59.7. The highest BCUT2D eigenvalue weighted by molar-refractivity contribution is 6.00. The molecule has 7 rings (SSSR count). The second kappa shape index (κ2) is 27.5. The number of phenols is 1. The smallest absolute Gasteiger partial charge is 0.251 e. The molecule has 0 radical (unpaired) electrons. The number of rotatable bonds is 14. The summed E-state index contributed by atoms with van der Waals surface area (Å²) in [6.45, 7) is 5.75. The van der Waals surface area contributed by atoms with E-state index in [2.05, 4.69) is 38.8 Å². The number of fused-ring (bicyclic) bond motifs is 2. The van der Waals surface area contributed by atoms with E-state index in [1.807, 2.05) is 48.5 Å². The largest absolute Gasteiger partial charge is 0.508 e. The lowest BCUT2D eigenvalue weighted by Gasteiger charge is -2.34. The molecule has 7 amide bonds. The molecule has 0 aromatic heterocycles. The first-order valence-corrected chi connectivity index (χ1v) is 27.4. The Hall–Kier alpha value is -7.55. The van der Waals surface area contributed by atoms with Crippen LogP contribution in [0.3, 0.4) is 0 Å². The van der Waals surface area contributed by atoms with Gasteiger partial charge in [-0.1, -0.05) is 87.4 Å². The van der Waals surface area contributed by atoms with E-state index in [0.29, 0.717) is 0 Å². The van der Waals surface area contributed by atoms with Gasteiger partial charge in [0.15, 0.2) is 6.23 Å². The van der Waals surface area contributed by atoms with Gasteiger partial charge < -0.3 is 87.7 Å². The highest BCUT2D eigenvalue weighted by atomic mass is 16.3. The van der Waals surface area contributed by atoms with Crippen molar-refractivity contribution in [3.8, 4) is 28.0 Å². The summed E-state index contributed by atoms with van der Waals surface area (Å²) in [6, 6.07) is 15.2. The van der Waals surface area contributed by atoms with Crippen LogP contribution < -0.4 is 31.9 Å². The summed E-state index contributed by atoms with van der Waals surface area (Å²) in [4.78, 5) is 102. The third kappa shape index (κ3) is 14.7. The number of nitrogens with zero attached hydrogens (tertiary/aromatic N) is 2. The van der Waals surface area contributed by atoms with Crippen LogP contribution in [0.15, 0.2) is 97.1 Å². The van der Waals surface area contributed by atoms with E-state index in [-0.39, 0.29) is 23.4 Å². The third-order valence-corrected chi connectivity index (χ3v) is 15.2. The molecule has 0 saturated carbocycles. The molecule has 82 heavy (non-hydrogen) atoms. The first kappa shape index (κ1) is 62.1. The SMILES string of the molecule is CCCCCNc1ccc(-c2ccc(-c3ccc(C(=O)N[C@H]4C[C@@H](O)[C@@H](O)NC(=O)[C@@H]5[C@@H](O)[C@@H](C)CN5C(=O)[C@H]([C@@H](C)O)NC(=O)[C@H]([C@H](O)[C@@H](O)c5ccc(O)cc5)NC(=O)[C@@H]5C[C@@H](O)CN5C(=O)[C@H]([C@@H](C)O)NC4=O)cc3)cc2)cc1. The number of hydrogen-bond acceptors (Lipinski definition) is 17. The van der Waals surface area contributed by atoms with Crippen molar-refractivity contribution >= 4 is 47.0 Å². The van der Waals surface area contributed by atoms with Crippen molar-refractivity contribution in [3.05, 3.63) is 108 Å². The van der Waals surface area contributed by atoms with Crippen molar-refractivity contribution in [1.82, 2.24) is 36.4 Å². The van der Waals surface area contributed by atoms with Crippen molar-refractivity contribution in [2.24, 2.45) is 5.92 Å². The first-order valence-electron chi connectivity index (χ1n) is 27.4. The number of unbranched alkanes of at least 4 members (excludes halogenated alkanes) is 2. The molecule has 15 N–H and O–H groups in total. The average molecular weight is 1140 g/mol. The molecule has 0 spiro atoms. The van der Waals surface area contributed by atoms with Crippen molar-refractivity contribution in [1.29, 1.82) is 0 Å². The molecule has 3 aliphatic heterocycles. The molecule has 0 aliphatic carbocycles. The molecule has 24 nitrogen and oxygen atoms in total. The summed E-state index contributed by atoms with van der Waals surface area (Å²) in [7, 11) is 0. The molecule has 3 saturated heterocycles. The Labute approximate surface area is 473 Å². The highest BCUT2D eigenvalue weighted by Crippen LogP contribution is 2.30. The number of hydrogen-bond donors (Lipinski definition) is 15. The van der Waals surface area contributed by atoms with Crippen LogP contribution in [-0.4, -0.2) is 196 Å². The zero-order valence-corrected chi connectivity index (χ0v) is 45.8. The number of phenolic OH excluding ortho intramolecular Hbond substituents is 1. The molecule has 3 heterocycles. The number of carbonyl (C=O) groups excluding carboxylic acids is 7. The van der Waals surface area contributed by atoms with Crippen LogP contribution in [-0.2, 0) is 28.8 Å². The zero-order valence-electron chi connectivity index (χ0n) is 45.8. The fraction of sp³-hybridized carbons (Fsp3) is 0.466. The number of benzene rings is 4. The molecule has 0 bridgehead atoms. The van der Waals surface area contributed by atoms with Gasteiger partial charge >= 0.3 is 0 Å². The van der Waals surface area contributed by atoms with Crippen LogP contribution >= 0.6 is 0 Å². The van der Waals surface area contributed by atoms with Gasteiger partial charge in [-0.15, -0.1) is 0 Å². The normalized spacial score (nSPS) is 27.5. The predicted octanol–water partition coefficient (Wildman–Crippen LogP) is -0.894. The predicted molar refractivity (Wildman–Crippen MR) is 296 cm³/mol. The lowest BCUT2D eigenvalue weighted by atomic mass is 9.96. The molecular formula is C58H74N8O16. The minimum atomic E-state index is -2.29. The first-order chi connectivity index (χ1) is 39.0. The van der Waals surface area contributed by atoms with Crippen LogP contribution in [0.4, 0.5) is 5.69 Å². The van der Waals surface area contributed by atoms with Crippen LogP contribution in [0.1, 0.15) is 81.8 Å². The van der Waals surface area contributed by atoms with Gasteiger partial charge in [-0.2, -0.15) is 0 Å². The van der Waals surface area contributed by atoms with Crippen molar-refractivity contribution in [2.45, 2.75) is 145 Å². The topological polar surface area (TPSA) is 380 Å². The van der Waals surface area contributed by atoms with Gasteiger partial charge in [0.1, 0.15) is 60.3 Å². The molecule has 3 fully saturated rings. The number of nitrogens with one attached hydrogen (secondary N) is 6. The number of carbonyl (C=O) groups is 7. The van der Waals surface area contributed by atoms with Crippen LogP contribution in [0.5, 0.6) is 5.75 Å². The maximum Gasteiger partial charge on any atom is 0.251 e. The number of aromatic hydroxyl groups is 1. The van der Waals surface area contributed by atoms with E-state index in [9.17, 15) is 79.5 Å². The lowest BCUT2D eigenvalue weighted by Crippen LogP contribution is -2.64. The summed E-state index contributed by atoms with van der Waals surface area (Å²) < 4.78 is 0. The Bertz CT molecular complexity index is 2880. The molecule has 3 aliphatic rings. The molecule has 4 aromatic rings. The maximum atomic E-state index is 14.5. The summed E-state index contributed by atoms with van der Waals surface area (Å²) in [6.07, 6.45) is -13.4. The summed E-state index contributed by atoms with van der Waals surface area (Å²) >= 11 is 0. The number of amides is 7. The molecule has 24 heteroatoms. The summed E-state index contributed by atoms with van der Waals surface area (Å²) in [5.74, 6) is -9.43. The lowest BCUT2D eigenvalue weighted by molar-refractivity contribution is -0.148. The van der Waals surface area contributed by atoms with Crippen molar-refractivity contribution < 1.29 is 79.5 Å². The van der Waals surface area contributed by atoms with E-state index in [4.69, 9.17) is 0 Å². The Morgan fingerprint density at radius 3 is 1.71 bits per heavy atom. The summed E-state index contributed by atoms with van der Waals surface area (Å²) in [5.41, 5.74) is 4.50. The number of aliphatic hydroxyl groups is 8. The molecule has 0 unspecified atom stereocenters. The Balaban J connectivity index is 1.18. The fourth-order valence-corrected chi connectivity index (χ4v) is 10.3. The van der Waals surface area contributed by atoms with E-state index in [0.717, 1.165) is 89.5 Å². The Morgan fingerprint density at radius 1 is 0.622 bits per heavy atom. The molecule has 442 valence electrons.